The number of ether oxygens (including phenoxy) is 1. The van der Waals surface area contributed by atoms with Gasteiger partial charge in [-0.05, 0) is 37.6 Å². The summed E-state index contributed by atoms with van der Waals surface area (Å²) < 4.78 is 4.68. The molecule has 2 aromatic rings. The largest absolute Gasteiger partial charge is 0.459 e. The minimum Gasteiger partial charge on any atom is -0.459 e. The number of esters is 1. The monoisotopic (exact) mass is 443 g/mol. The third kappa shape index (κ3) is 5.62. The highest BCUT2D eigenvalue weighted by atomic mass is 35.5. The zero-order chi connectivity index (χ0) is 22.4. The van der Waals surface area contributed by atoms with Crippen LogP contribution in [0.5, 0.6) is 0 Å². The molecule has 0 bridgehead atoms. The molecular formula is C23H26ClN3O4. The van der Waals surface area contributed by atoms with E-state index < -0.39 is 11.9 Å². The van der Waals surface area contributed by atoms with Crippen LogP contribution in [0.25, 0.3) is 0 Å². The van der Waals surface area contributed by atoms with E-state index in [2.05, 4.69) is 34.0 Å². The van der Waals surface area contributed by atoms with Gasteiger partial charge in [-0.15, -0.1) is 0 Å². The summed E-state index contributed by atoms with van der Waals surface area (Å²) in [7, 11) is 0. The third-order valence-electron chi connectivity index (χ3n) is 5.35. The SMILES string of the molecule is CCOC(=O)C(=O)Nc1ccc(Cl)c(C(=O)N2CCN(C(C)c3ccccc3)CC2)c1. The van der Waals surface area contributed by atoms with E-state index in [0.29, 0.717) is 23.8 Å². The first-order chi connectivity index (χ1) is 14.9. The highest BCUT2D eigenvalue weighted by Crippen LogP contribution is 2.25. The topological polar surface area (TPSA) is 78.9 Å². The van der Waals surface area contributed by atoms with Gasteiger partial charge in [0.25, 0.3) is 5.91 Å². The van der Waals surface area contributed by atoms with Crippen LogP contribution in [0, 0.1) is 0 Å². The van der Waals surface area contributed by atoms with E-state index in [1.807, 2.05) is 18.2 Å². The smallest absolute Gasteiger partial charge is 0.397 e. The molecule has 0 aliphatic carbocycles. The summed E-state index contributed by atoms with van der Waals surface area (Å²) >= 11 is 6.26. The van der Waals surface area contributed by atoms with Gasteiger partial charge in [0, 0.05) is 37.9 Å². The van der Waals surface area contributed by atoms with Gasteiger partial charge in [0.1, 0.15) is 0 Å². The minimum absolute atomic E-state index is 0.103. The van der Waals surface area contributed by atoms with Gasteiger partial charge in [-0.3, -0.25) is 14.5 Å². The molecule has 1 atom stereocenters. The summed E-state index contributed by atoms with van der Waals surface area (Å²) in [4.78, 5) is 40.6. The van der Waals surface area contributed by atoms with E-state index >= 15 is 0 Å². The fourth-order valence-corrected chi connectivity index (χ4v) is 3.77. The highest BCUT2D eigenvalue weighted by Gasteiger charge is 2.27. The molecule has 0 radical (unpaired) electrons. The number of nitrogens with zero attached hydrogens (tertiary/aromatic N) is 2. The lowest BCUT2D eigenvalue weighted by Gasteiger charge is -2.38. The molecule has 8 heteroatoms. The molecule has 3 rings (SSSR count). The number of hydrogen-bond acceptors (Lipinski definition) is 5. The van der Waals surface area contributed by atoms with Crippen LogP contribution in [0.3, 0.4) is 0 Å². The number of hydrogen-bond donors (Lipinski definition) is 1. The van der Waals surface area contributed by atoms with Crippen molar-refractivity contribution in [3.63, 3.8) is 0 Å². The molecule has 1 heterocycles. The molecule has 2 aromatic carbocycles. The molecule has 1 fully saturated rings. The van der Waals surface area contributed by atoms with E-state index in [4.69, 9.17) is 11.6 Å². The third-order valence-corrected chi connectivity index (χ3v) is 5.68. The number of carbonyl (C=O) groups is 3. The Morgan fingerprint density at radius 2 is 1.74 bits per heavy atom. The molecule has 1 unspecified atom stereocenters. The van der Waals surface area contributed by atoms with Crippen molar-refractivity contribution in [2.24, 2.45) is 0 Å². The molecule has 1 saturated heterocycles. The van der Waals surface area contributed by atoms with Crippen molar-refractivity contribution < 1.29 is 19.1 Å². The van der Waals surface area contributed by atoms with Gasteiger partial charge < -0.3 is 15.0 Å². The lowest BCUT2D eigenvalue weighted by atomic mass is 10.1. The van der Waals surface area contributed by atoms with Crippen LogP contribution in [0.1, 0.15) is 35.8 Å². The average molecular weight is 444 g/mol. The Morgan fingerprint density at radius 3 is 2.39 bits per heavy atom. The Kier molecular flexibility index (Phi) is 7.65. The van der Waals surface area contributed by atoms with Crippen molar-refractivity contribution in [3.8, 4) is 0 Å². The first-order valence-electron chi connectivity index (χ1n) is 10.3. The number of piperazine rings is 1. The summed E-state index contributed by atoms with van der Waals surface area (Å²) in [6.07, 6.45) is 0. The Morgan fingerprint density at radius 1 is 1.06 bits per heavy atom. The predicted octanol–water partition coefficient (Wildman–Crippen LogP) is 3.36. The molecule has 0 aromatic heterocycles. The highest BCUT2D eigenvalue weighted by molar-refractivity contribution is 6.37. The van der Waals surface area contributed by atoms with Gasteiger partial charge in [0.2, 0.25) is 0 Å². The number of carbonyl (C=O) groups excluding carboxylic acids is 3. The zero-order valence-electron chi connectivity index (χ0n) is 17.6. The van der Waals surface area contributed by atoms with Crippen molar-refractivity contribution >= 4 is 35.1 Å². The first kappa shape index (κ1) is 22.8. The Hall–Kier alpha value is -2.90. The van der Waals surface area contributed by atoms with Crippen molar-refractivity contribution in [1.29, 1.82) is 0 Å². The molecule has 0 saturated carbocycles. The number of rotatable bonds is 5. The Balaban J connectivity index is 1.64. The molecule has 0 spiro atoms. The van der Waals surface area contributed by atoms with Crippen molar-refractivity contribution in [2.75, 3.05) is 38.1 Å². The number of anilines is 1. The average Bonchev–Trinajstić information content (AvgIpc) is 2.80. The fraction of sp³-hybridized carbons (Fsp3) is 0.348. The maximum atomic E-state index is 13.1. The van der Waals surface area contributed by atoms with Gasteiger partial charge in [0.15, 0.2) is 0 Å². The maximum absolute atomic E-state index is 13.1. The van der Waals surface area contributed by atoms with Gasteiger partial charge in [-0.1, -0.05) is 41.9 Å². The summed E-state index contributed by atoms with van der Waals surface area (Å²) in [6.45, 7) is 6.53. The standard InChI is InChI=1S/C23H26ClN3O4/c1-3-31-23(30)21(28)25-18-9-10-20(24)19(15-18)22(29)27-13-11-26(12-14-27)16(2)17-7-5-4-6-8-17/h4-10,15-16H,3,11-14H2,1-2H3,(H,25,28). The predicted molar refractivity (Wildman–Crippen MR) is 119 cm³/mol. The zero-order valence-corrected chi connectivity index (χ0v) is 18.4. The summed E-state index contributed by atoms with van der Waals surface area (Å²) in [5.41, 5.74) is 1.84. The minimum atomic E-state index is -0.978. The molecule has 1 N–H and O–H groups in total. The number of amides is 2. The second-order valence-electron chi connectivity index (χ2n) is 7.28. The lowest BCUT2D eigenvalue weighted by Crippen LogP contribution is -2.49. The van der Waals surface area contributed by atoms with Crippen molar-refractivity contribution in [3.05, 3.63) is 64.7 Å². The van der Waals surface area contributed by atoms with E-state index in [1.165, 1.54) is 23.8 Å². The second-order valence-corrected chi connectivity index (χ2v) is 7.69. The van der Waals surface area contributed by atoms with Crippen LogP contribution in [-0.4, -0.2) is 60.4 Å². The van der Waals surface area contributed by atoms with Gasteiger partial charge in [-0.2, -0.15) is 0 Å². The summed E-state index contributed by atoms with van der Waals surface area (Å²) in [6, 6.07) is 15.1. The summed E-state index contributed by atoms with van der Waals surface area (Å²) in [5, 5.41) is 2.73. The van der Waals surface area contributed by atoms with Gasteiger partial charge in [-0.25, -0.2) is 4.79 Å². The van der Waals surface area contributed by atoms with Crippen molar-refractivity contribution in [1.82, 2.24) is 9.80 Å². The van der Waals surface area contributed by atoms with Crippen LogP contribution in [0.15, 0.2) is 48.5 Å². The molecule has 1 aliphatic heterocycles. The van der Waals surface area contributed by atoms with Crippen LogP contribution >= 0.6 is 11.6 Å². The molecule has 7 nitrogen and oxygen atoms in total. The van der Waals surface area contributed by atoms with Crippen molar-refractivity contribution in [2.45, 2.75) is 19.9 Å². The van der Waals surface area contributed by atoms with E-state index in [0.717, 1.165) is 13.1 Å². The molecule has 164 valence electrons. The van der Waals surface area contributed by atoms with Crippen LogP contribution < -0.4 is 5.32 Å². The normalized spacial score (nSPS) is 15.3. The molecule has 2 amide bonds. The quantitative estimate of drug-likeness (QED) is 0.566. The Labute approximate surface area is 186 Å². The van der Waals surface area contributed by atoms with E-state index in [-0.39, 0.29) is 24.1 Å². The van der Waals surface area contributed by atoms with Crippen LogP contribution in [0.2, 0.25) is 5.02 Å². The second kappa shape index (κ2) is 10.4. The van der Waals surface area contributed by atoms with Crippen LogP contribution in [0.4, 0.5) is 5.69 Å². The number of nitrogens with one attached hydrogen (secondary N) is 1. The Bertz CT molecular complexity index is 943. The van der Waals surface area contributed by atoms with Gasteiger partial charge >= 0.3 is 11.9 Å². The number of benzene rings is 2. The molecule has 1 aliphatic rings. The number of halogens is 1. The molecule has 31 heavy (non-hydrogen) atoms. The lowest BCUT2D eigenvalue weighted by molar-refractivity contribution is -0.152. The summed E-state index contributed by atoms with van der Waals surface area (Å²) in [5.74, 6) is -2.08. The molecular weight excluding hydrogens is 418 g/mol. The van der Waals surface area contributed by atoms with Gasteiger partial charge in [0.05, 0.1) is 17.2 Å². The first-order valence-corrected chi connectivity index (χ1v) is 10.6. The van der Waals surface area contributed by atoms with Crippen LogP contribution in [-0.2, 0) is 14.3 Å². The fourth-order valence-electron chi connectivity index (χ4n) is 3.57. The maximum Gasteiger partial charge on any atom is 0.397 e. The van der Waals surface area contributed by atoms with E-state index in [9.17, 15) is 14.4 Å². The van der Waals surface area contributed by atoms with E-state index in [1.54, 1.807) is 11.8 Å².